The Morgan fingerprint density at radius 1 is 1.29 bits per heavy atom. The van der Waals surface area contributed by atoms with Gasteiger partial charge >= 0.3 is 0 Å². The van der Waals surface area contributed by atoms with Crippen molar-refractivity contribution < 1.29 is 9.47 Å². The molecule has 0 spiro atoms. The molecule has 3 rings (SSSR count). The highest BCUT2D eigenvalue weighted by Crippen LogP contribution is 2.31. The first-order valence-electron chi connectivity index (χ1n) is 6.17. The van der Waals surface area contributed by atoms with E-state index >= 15 is 0 Å². The van der Waals surface area contributed by atoms with Gasteiger partial charge in [-0.05, 0) is 30.5 Å². The van der Waals surface area contributed by atoms with Crippen LogP contribution in [0.1, 0.15) is 18.4 Å². The number of hydrogen-bond donors (Lipinski definition) is 1. The van der Waals surface area contributed by atoms with Crippen molar-refractivity contribution in [3.63, 3.8) is 0 Å². The first kappa shape index (κ1) is 10.7. The molecule has 2 atom stereocenters. The molecule has 0 aliphatic carbocycles. The SMILES string of the molecule is NC(C1=CCCCO1)C1Cc2ccccc2O1. The van der Waals surface area contributed by atoms with E-state index in [0.29, 0.717) is 0 Å². The van der Waals surface area contributed by atoms with Gasteiger partial charge in [-0.2, -0.15) is 0 Å². The van der Waals surface area contributed by atoms with Crippen LogP contribution in [-0.4, -0.2) is 18.8 Å². The third-order valence-corrected chi connectivity index (χ3v) is 3.36. The summed E-state index contributed by atoms with van der Waals surface area (Å²) >= 11 is 0. The Labute approximate surface area is 101 Å². The van der Waals surface area contributed by atoms with Crippen molar-refractivity contribution in [1.29, 1.82) is 0 Å². The average molecular weight is 231 g/mol. The third kappa shape index (κ3) is 2.03. The molecule has 17 heavy (non-hydrogen) atoms. The molecule has 0 radical (unpaired) electrons. The maximum absolute atomic E-state index is 6.21. The van der Waals surface area contributed by atoms with E-state index < -0.39 is 0 Å². The van der Waals surface area contributed by atoms with Crippen LogP contribution in [0.3, 0.4) is 0 Å². The fourth-order valence-electron chi connectivity index (χ4n) is 2.40. The molecule has 0 saturated carbocycles. The Bertz CT molecular complexity index is 417. The van der Waals surface area contributed by atoms with Gasteiger partial charge in [0.1, 0.15) is 17.6 Å². The molecule has 2 N–H and O–H groups in total. The molecule has 1 aromatic carbocycles. The first-order valence-corrected chi connectivity index (χ1v) is 6.17. The highest BCUT2D eigenvalue weighted by Gasteiger charge is 2.31. The average Bonchev–Trinajstić information content (AvgIpc) is 2.82. The second kappa shape index (κ2) is 4.41. The van der Waals surface area contributed by atoms with Crippen molar-refractivity contribution in [3.8, 4) is 5.75 Å². The zero-order chi connectivity index (χ0) is 11.7. The summed E-state index contributed by atoms with van der Waals surface area (Å²) in [4.78, 5) is 0. The maximum atomic E-state index is 6.21. The Balaban J connectivity index is 1.73. The minimum absolute atomic E-state index is 0.0109. The van der Waals surface area contributed by atoms with Gasteiger partial charge in [0, 0.05) is 6.42 Å². The zero-order valence-corrected chi connectivity index (χ0v) is 9.76. The summed E-state index contributed by atoms with van der Waals surface area (Å²) < 4.78 is 11.5. The van der Waals surface area contributed by atoms with Crippen LogP contribution in [0.5, 0.6) is 5.75 Å². The molecule has 2 unspecified atom stereocenters. The molecule has 0 aromatic heterocycles. The smallest absolute Gasteiger partial charge is 0.125 e. The van der Waals surface area contributed by atoms with Crippen molar-refractivity contribution >= 4 is 0 Å². The molecule has 0 amide bonds. The predicted octanol–water partition coefficient (Wildman–Crippen LogP) is 2.01. The zero-order valence-electron chi connectivity index (χ0n) is 9.76. The summed E-state index contributed by atoms with van der Waals surface area (Å²) in [5.74, 6) is 1.86. The van der Waals surface area contributed by atoms with Crippen LogP contribution in [-0.2, 0) is 11.2 Å². The van der Waals surface area contributed by atoms with Crippen LogP contribution in [0.15, 0.2) is 36.1 Å². The Morgan fingerprint density at radius 2 is 2.18 bits per heavy atom. The molecule has 0 fully saturated rings. The summed E-state index contributed by atoms with van der Waals surface area (Å²) in [5.41, 5.74) is 7.45. The van der Waals surface area contributed by atoms with E-state index in [2.05, 4.69) is 12.1 Å². The number of fused-ring (bicyclic) bond motifs is 1. The molecule has 3 nitrogen and oxygen atoms in total. The number of para-hydroxylation sites is 1. The van der Waals surface area contributed by atoms with Crippen molar-refractivity contribution in [2.24, 2.45) is 5.73 Å². The predicted molar refractivity (Wildman–Crippen MR) is 65.8 cm³/mol. The van der Waals surface area contributed by atoms with E-state index in [1.54, 1.807) is 0 Å². The van der Waals surface area contributed by atoms with E-state index in [4.69, 9.17) is 15.2 Å². The van der Waals surface area contributed by atoms with E-state index in [0.717, 1.165) is 37.4 Å². The number of rotatable bonds is 2. The van der Waals surface area contributed by atoms with Crippen LogP contribution >= 0.6 is 0 Å². The quantitative estimate of drug-likeness (QED) is 0.846. The molecule has 0 bridgehead atoms. The van der Waals surface area contributed by atoms with Gasteiger partial charge in [0.2, 0.25) is 0 Å². The van der Waals surface area contributed by atoms with Gasteiger partial charge in [-0.15, -0.1) is 0 Å². The Hall–Kier alpha value is -1.48. The fourth-order valence-corrected chi connectivity index (χ4v) is 2.40. The summed E-state index contributed by atoms with van der Waals surface area (Å²) in [7, 11) is 0. The number of benzene rings is 1. The van der Waals surface area contributed by atoms with Crippen molar-refractivity contribution in [1.82, 2.24) is 0 Å². The minimum Gasteiger partial charge on any atom is -0.496 e. The highest BCUT2D eigenvalue weighted by atomic mass is 16.5. The van der Waals surface area contributed by atoms with Gasteiger partial charge in [-0.3, -0.25) is 0 Å². The Kier molecular flexibility index (Phi) is 2.77. The summed E-state index contributed by atoms with van der Waals surface area (Å²) in [6.07, 6.45) is 5.13. The van der Waals surface area contributed by atoms with Gasteiger partial charge in [-0.1, -0.05) is 18.2 Å². The number of nitrogens with two attached hydrogens (primary N) is 1. The van der Waals surface area contributed by atoms with Crippen LogP contribution in [0.25, 0.3) is 0 Å². The van der Waals surface area contributed by atoms with Gasteiger partial charge in [-0.25, -0.2) is 0 Å². The van der Waals surface area contributed by atoms with Crippen LogP contribution in [0.4, 0.5) is 0 Å². The van der Waals surface area contributed by atoms with Crippen molar-refractivity contribution in [2.75, 3.05) is 6.61 Å². The third-order valence-electron chi connectivity index (χ3n) is 3.36. The molecule has 1 aromatic rings. The van der Waals surface area contributed by atoms with Gasteiger partial charge in [0.25, 0.3) is 0 Å². The molecule has 2 aliphatic rings. The largest absolute Gasteiger partial charge is 0.496 e. The molecular weight excluding hydrogens is 214 g/mol. The highest BCUT2D eigenvalue weighted by molar-refractivity contribution is 5.38. The van der Waals surface area contributed by atoms with E-state index in [9.17, 15) is 0 Å². The fraction of sp³-hybridized carbons (Fsp3) is 0.429. The topological polar surface area (TPSA) is 44.5 Å². The van der Waals surface area contributed by atoms with Gasteiger partial charge in [0.15, 0.2) is 0 Å². The lowest BCUT2D eigenvalue weighted by molar-refractivity contribution is 0.130. The monoisotopic (exact) mass is 231 g/mol. The number of allylic oxidation sites excluding steroid dienone is 1. The maximum Gasteiger partial charge on any atom is 0.125 e. The van der Waals surface area contributed by atoms with Gasteiger partial charge in [0.05, 0.1) is 12.6 Å². The lowest BCUT2D eigenvalue weighted by Gasteiger charge is -2.24. The van der Waals surface area contributed by atoms with Crippen molar-refractivity contribution in [2.45, 2.75) is 31.4 Å². The summed E-state index contributed by atoms with van der Waals surface area (Å²) in [6, 6.07) is 7.97. The molecule has 3 heteroatoms. The lowest BCUT2D eigenvalue weighted by atomic mass is 10.0. The van der Waals surface area contributed by atoms with Crippen LogP contribution in [0, 0.1) is 0 Å². The van der Waals surface area contributed by atoms with Crippen molar-refractivity contribution in [3.05, 3.63) is 41.7 Å². The standard InChI is InChI=1S/C14H17NO2/c15-14(12-7-3-4-8-16-12)13-9-10-5-1-2-6-11(10)17-13/h1-2,5-7,13-14H,3-4,8-9,15H2. The molecule has 90 valence electrons. The normalized spacial score (nSPS) is 24.3. The first-order chi connectivity index (χ1) is 8.34. The Morgan fingerprint density at radius 3 is 2.94 bits per heavy atom. The number of hydrogen-bond acceptors (Lipinski definition) is 3. The summed E-state index contributed by atoms with van der Waals surface area (Å²) in [6.45, 7) is 0.777. The lowest BCUT2D eigenvalue weighted by Crippen LogP contribution is -2.40. The molecule has 0 saturated heterocycles. The molecule has 2 aliphatic heterocycles. The molecule has 2 heterocycles. The second-order valence-corrected chi connectivity index (χ2v) is 4.59. The number of ether oxygens (including phenoxy) is 2. The minimum atomic E-state index is -0.150. The molecular formula is C14H17NO2. The van der Waals surface area contributed by atoms with E-state index in [-0.39, 0.29) is 12.1 Å². The second-order valence-electron chi connectivity index (χ2n) is 4.59. The summed E-state index contributed by atoms with van der Waals surface area (Å²) in [5, 5.41) is 0. The van der Waals surface area contributed by atoms with Gasteiger partial charge < -0.3 is 15.2 Å². The van der Waals surface area contributed by atoms with E-state index in [1.807, 2.05) is 18.2 Å². The van der Waals surface area contributed by atoms with Crippen LogP contribution in [0.2, 0.25) is 0 Å². The van der Waals surface area contributed by atoms with Crippen LogP contribution < -0.4 is 10.5 Å². The van der Waals surface area contributed by atoms with E-state index in [1.165, 1.54) is 5.56 Å².